The van der Waals surface area contributed by atoms with Crippen molar-refractivity contribution in [2.45, 2.75) is 27.7 Å². The molecule has 0 N–H and O–H groups in total. The molecule has 1 aromatic carbocycles. The molecule has 0 saturated carbocycles. The van der Waals surface area contributed by atoms with Gasteiger partial charge in [-0.15, -0.1) is 0 Å². The lowest BCUT2D eigenvalue weighted by atomic mass is 9.60. The van der Waals surface area contributed by atoms with Crippen molar-refractivity contribution in [2.75, 3.05) is 0 Å². The lowest BCUT2D eigenvalue weighted by Gasteiger charge is -2.40. The zero-order valence-corrected chi connectivity index (χ0v) is 17.7. The van der Waals surface area contributed by atoms with Crippen LogP contribution in [0.15, 0.2) is 36.4 Å². The zero-order valence-electron chi connectivity index (χ0n) is 17.7. The van der Waals surface area contributed by atoms with E-state index in [9.17, 15) is 19.2 Å². The first kappa shape index (κ1) is 19.3. The van der Waals surface area contributed by atoms with Crippen LogP contribution in [0, 0.1) is 47.3 Å². The average molecular weight is 402 g/mol. The number of benzene rings is 1. The molecule has 4 heteroatoms. The van der Waals surface area contributed by atoms with Crippen molar-refractivity contribution in [3.8, 4) is 0 Å². The standard InChI is InChI=1S/C26H26O4/c1-11-5-7-15-21(13(11)3)25(29)19-9-18-20(10-17(19)23(15)27)26(30)22-14(4)12(2)6-8-16(22)24(18)28/h5-16,21-22H,1-4H3. The molecular formula is C26H26O4. The summed E-state index contributed by atoms with van der Waals surface area (Å²) in [6.07, 6.45) is 7.74. The Labute approximate surface area is 176 Å². The summed E-state index contributed by atoms with van der Waals surface area (Å²) in [5.41, 5.74) is 1.24. The van der Waals surface area contributed by atoms with Crippen LogP contribution >= 0.6 is 0 Å². The molecule has 8 atom stereocenters. The molecule has 1 aromatic rings. The van der Waals surface area contributed by atoms with E-state index in [0.717, 1.165) is 0 Å². The van der Waals surface area contributed by atoms with Gasteiger partial charge in [0.2, 0.25) is 0 Å². The highest BCUT2D eigenvalue weighted by Crippen LogP contribution is 2.46. The van der Waals surface area contributed by atoms with Gasteiger partial charge in [-0.25, -0.2) is 0 Å². The second-order valence-corrected chi connectivity index (χ2v) is 9.71. The Morgan fingerprint density at radius 3 is 1.20 bits per heavy atom. The smallest absolute Gasteiger partial charge is 0.171 e. The summed E-state index contributed by atoms with van der Waals surface area (Å²) in [5, 5.41) is 0. The summed E-state index contributed by atoms with van der Waals surface area (Å²) < 4.78 is 0. The summed E-state index contributed by atoms with van der Waals surface area (Å²) in [5.74, 6) is -1.63. The van der Waals surface area contributed by atoms with Gasteiger partial charge in [-0.2, -0.15) is 0 Å². The van der Waals surface area contributed by atoms with Gasteiger partial charge >= 0.3 is 0 Å². The first-order valence-corrected chi connectivity index (χ1v) is 10.9. The summed E-state index contributed by atoms with van der Waals surface area (Å²) >= 11 is 0. The fraction of sp³-hybridized carbons (Fsp3) is 0.462. The van der Waals surface area contributed by atoms with Gasteiger partial charge in [0.1, 0.15) is 0 Å². The first-order chi connectivity index (χ1) is 14.2. The van der Waals surface area contributed by atoms with E-state index in [2.05, 4.69) is 13.8 Å². The van der Waals surface area contributed by atoms with Crippen molar-refractivity contribution in [1.82, 2.24) is 0 Å². The first-order valence-electron chi connectivity index (χ1n) is 10.9. The van der Waals surface area contributed by atoms with Crippen molar-refractivity contribution in [3.05, 3.63) is 58.7 Å². The van der Waals surface area contributed by atoms with E-state index >= 15 is 0 Å². The summed E-state index contributed by atoms with van der Waals surface area (Å²) in [7, 11) is 0. The normalized spacial score (nSPS) is 39.3. The van der Waals surface area contributed by atoms with Gasteiger partial charge < -0.3 is 0 Å². The van der Waals surface area contributed by atoms with Crippen LogP contribution in [0.2, 0.25) is 0 Å². The number of allylic oxidation sites excluding steroid dienone is 4. The number of rotatable bonds is 0. The van der Waals surface area contributed by atoms with E-state index < -0.39 is 23.7 Å². The lowest BCUT2D eigenvalue weighted by molar-refractivity contribution is 0.0664. The summed E-state index contributed by atoms with van der Waals surface area (Å²) in [6, 6.07) is 3.09. The third-order valence-corrected chi connectivity index (χ3v) is 8.24. The second-order valence-electron chi connectivity index (χ2n) is 9.71. The summed E-state index contributed by atoms with van der Waals surface area (Å²) in [6.45, 7) is 8.12. The summed E-state index contributed by atoms with van der Waals surface area (Å²) in [4.78, 5) is 53.4. The van der Waals surface area contributed by atoms with E-state index in [0.29, 0.717) is 22.3 Å². The zero-order chi connectivity index (χ0) is 21.5. The highest BCUT2D eigenvalue weighted by atomic mass is 16.1. The molecule has 4 aliphatic rings. The van der Waals surface area contributed by atoms with Crippen LogP contribution in [0.3, 0.4) is 0 Å². The molecule has 5 rings (SSSR count). The molecule has 0 fully saturated rings. The van der Waals surface area contributed by atoms with Crippen LogP contribution in [0.25, 0.3) is 0 Å². The molecule has 0 aliphatic heterocycles. The molecule has 8 unspecified atom stereocenters. The number of carbonyl (C=O) groups excluding carboxylic acids is 4. The minimum Gasteiger partial charge on any atom is -0.294 e. The fourth-order valence-corrected chi connectivity index (χ4v) is 5.93. The largest absolute Gasteiger partial charge is 0.294 e. The van der Waals surface area contributed by atoms with Gasteiger partial charge in [0.05, 0.1) is 11.8 Å². The Morgan fingerprint density at radius 1 is 0.500 bits per heavy atom. The maximum Gasteiger partial charge on any atom is 0.171 e. The SMILES string of the molecule is CC1C=CC2C(=O)c3cc4c(cc3C(=O)C2C1C)C(=O)C1C=CC(C)C(C)C1C4=O. The van der Waals surface area contributed by atoms with Gasteiger partial charge in [0, 0.05) is 34.1 Å². The van der Waals surface area contributed by atoms with Crippen molar-refractivity contribution in [2.24, 2.45) is 47.3 Å². The van der Waals surface area contributed by atoms with Gasteiger partial charge in [-0.3, -0.25) is 19.2 Å². The lowest BCUT2D eigenvalue weighted by Crippen LogP contribution is -2.45. The van der Waals surface area contributed by atoms with Gasteiger partial charge in [-0.1, -0.05) is 52.0 Å². The Hall–Kier alpha value is -2.62. The Kier molecular flexibility index (Phi) is 4.15. The number of hydrogen-bond acceptors (Lipinski definition) is 4. The maximum atomic E-state index is 13.4. The Morgan fingerprint density at radius 2 is 0.833 bits per heavy atom. The molecular weight excluding hydrogens is 376 g/mol. The molecule has 0 spiro atoms. The van der Waals surface area contributed by atoms with Crippen molar-refractivity contribution < 1.29 is 19.2 Å². The maximum absolute atomic E-state index is 13.4. The van der Waals surface area contributed by atoms with E-state index in [1.54, 1.807) is 12.1 Å². The van der Waals surface area contributed by atoms with E-state index in [-0.39, 0.29) is 46.8 Å². The molecule has 154 valence electrons. The molecule has 0 bridgehead atoms. The number of fused-ring (bicyclic) bond motifs is 4. The minimum absolute atomic E-state index is 0.0472. The molecule has 4 aliphatic carbocycles. The third kappa shape index (κ3) is 2.39. The Balaban J connectivity index is 1.67. The van der Waals surface area contributed by atoms with Gasteiger partial charge in [0.25, 0.3) is 0 Å². The number of ketones is 4. The van der Waals surface area contributed by atoms with Crippen LogP contribution in [0.5, 0.6) is 0 Å². The van der Waals surface area contributed by atoms with Gasteiger partial charge in [0.15, 0.2) is 23.1 Å². The number of carbonyl (C=O) groups is 4. The van der Waals surface area contributed by atoms with Crippen LogP contribution in [0.1, 0.15) is 69.1 Å². The second kappa shape index (κ2) is 6.44. The third-order valence-electron chi connectivity index (χ3n) is 8.24. The fourth-order valence-electron chi connectivity index (χ4n) is 5.93. The van der Waals surface area contributed by atoms with Crippen LogP contribution in [-0.2, 0) is 0 Å². The van der Waals surface area contributed by atoms with E-state index in [1.807, 2.05) is 38.2 Å². The molecule has 30 heavy (non-hydrogen) atoms. The van der Waals surface area contributed by atoms with Crippen LogP contribution in [0.4, 0.5) is 0 Å². The average Bonchev–Trinajstić information content (AvgIpc) is 2.73. The molecule has 0 aromatic heterocycles. The quantitative estimate of drug-likeness (QED) is 0.595. The van der Waals surface area contributed by atoms with Crippen molar-refractivity contribution >= 4 is 23.1 Å². The van der Waals surface area contributed by atoms with Gasteiger partial charge in [-0.05, 0) is 35.8 Å². The highest BCUT2D eigenvalue weighted by molar-refractivity contribution is 6.22. The van der Waals surface area contributed by atoms with Crippen molar-refractivity contribution in [3.63, 3.8) is 0 Å². The van der Waals surface area contributed by atoms with Crippen LogP contribution < -0.4 is 0 Å². The van der Waals surface area contributed by atoms with E-state index in [4.69, 9.17) is 0 Å². The van der Waals surface area contributed by atoms with Crippen molar-refractivity contribution in [1.29, 1.82) is 0 Å². The molecule has 4 nitrogen and oxygen atoms in total. The predicted octanol–water partition coefficient (Wildman–Crippen LogP) is 4.59. The number of hydrogen-bond donors (Lipinski definition) is 0. The molecule has 0 amide bonds. The monoisotopic (exact) mass is 402 g/mol. The van der Waals surface area contributed by atoms with Crippen LogP contribution in [-0.4, -0.2) is 23.1 Å². The molecule has 0 radical (unpaired) electrons. The minimum atomic E-state index is -0.479. The molecule has 0 saturated heterocycles. The predicted molar refractivity (Wildman–Crippen MR) is 113 cm³/mol. The topological polar surface area (TPSA) is 68.3 Å². The number of Topliss-reactive ketones (excluding diaryl/α,β-unsaturated/α-hetero) is 4. The Bertz CT molecular complexity index is 989. The van der Waals surface area contributed by atoms with E-state index in [1.165, 1.54) is 0 Å². The molecule has 0 heterocycles. The highest BCUT2D eigenvalue weighted by Gasteiger charge is 2.49.